The molecule has 1 unspecified atom stereocenters. The number of benzene rings is 1. The molecule has 0 fully saturated rings. The average molecular weight is 356 g/mol. The van der Waals surface area contributed by atoms with Crippen molar-refractivity contribution in [1.82, 2.24) is 10.2 Å². The standard InChI is InChI=1S/C21H28N2O3/c1-14-10-17-18(11-21(2,3)12-19(17)26-14)22-20(24)23(4)13-15-6-8-16(25-5)9-7-15/h6-10,18H,11-13H2,1-5H3,(H,22,24). The number of urea groups is 1. The van der Waals surface area contributed by atoms with Crippen molar-refractivity contribution in [2.75, 3.05) is 14.2 Å². The summed E-state index contributed by atoms with van der Waals surface area (Å²) in [5.41, 5.74) is 2.28. The van der Waals surface area contributed by atoms with Crippen LogP contribution in [0.5, 0.6) is 5.75 Å². The van der Waals surface area contributed by atoms with E-state index in [1.807, 2.05) is 38.2 Å². The molecule has 1 aliphatic carbocycles. The fourth-order valence-corrected chi connectivity index (χ4v) is 3.65. The SMILES string of the molecule is COc1ccc(CN(C)C(=O)NC2CC(C)(C)Cc3oc(C)cc32)cc1. The number of fused-ring (bicyclic) bond motifs is 1. The summed E-state index contributed by atoms with van der Waals surface area (Å²) >= 11 is 0. The lowest BCUT2D eigenvalue weighted by Gasteiger charge is -2.35. The summed E-state index contributed by atoms with van der Waals surface area (Å²) in [4.78, 5) is 14.4. The van der Waals surface area contributed by atoms with Crippen LogP contribution in [0.3, 0.4) is 0 Å². The first-order valence-electron chi connectivity index (χ1n) is 9.01. The maximum Gasteiger partial charge on any atom is 0.317 e. The van der Waals surface area contributed by atoms with Gasteiger partial charge < -0.3 is 19.4 Å². The number of methoxy groups -OCH3 is 1. The van der Waals surface area contributed by atoms with E-state index in [1.165, 1.54) is 0 Å². The third-order valence-corrected chi connectivity index (χ3v) is 4.96. The number of nitrogens with one attached hydrogen (secondary N) is 1. The fraction of sp³-hybridized carbons (Fsp3) is 0.476. The Morgan fingerprint density at radius 3 is 2.69 bits per heavy atom. The van der Waals surface area contributed by atoms with Gasteiger partial charge in [-0.05, 0) is 42.5 Å². The van der Waals surface area contributed by atoms with Crippen LogP contribution in [0.15, 0.2) is 34.7 Å². The van der Waals surface area contributed by atoms with Gasteiger partial charge in [-0.15, -0.1) is 0 Å². The highest BCUT2D eigenvalue weighted by atomic mass is 16.5. The highest BCUT2D eigenvalue weighted by Crippen LogP contribution is 2.42. The van der Waals surface area contributed by atoms with Crippen LogP contribution in [0.1, 0.15) is 49.0 Å². The zero-order valence-corrected chi connectivity index (χ0v) is 16.3. The van der Waals surface area contributed by atoms with Crippen molar-refractivity contribution in [3.63, 3.8) is 0 Å². The summed E-state index contributed by atoms with van der Waals surface area (Å²) in [6.45, 7) is 6.94. The number of nitrogens with zero attached hydrogens (tertiary/aromatic N) is 1. The van der Waals surface area contributed by atoms with Gasteiger partial charge in [-0.3, -0.25) is 0 Å². The summed E-state index contributed by atoms with van der Waals surface area (Å²) in [5, 5.41) is 3.19. The van der Waals surface area contributed by atoms with Crippen molar-refractivity contribution in [3.05, 3.63) is 53.0 Å². The number of rotatable bonds is 4. The van der Waals surface area contributed by atoms with Crippen molar-refractivity contribution in [1.29, 1.82) is 0 Å². The van der Waals surface area contributed by atoms with Crippen molar-refractivity contribution in [2.24, 2.45) is 5.41 Å². The van der Waals surface area contributed by atoms with Gasteiger partial charge in [-0.1, -0.05) is 26.0 Å². The third-order valence-electron chi connectivity index (χ3n) is 4.96. The Bertz CT molecular complexity index is 777. The first-order chi connectivity index (χ1) is 12.3. The quantitative estimate of drug-likeness (QED) is 0.880. The van der Waals surface area contributed by atoms with Crippen LogP contribution < -0.4 is 10.1 Å². The van der Waals surface area contributed by atoms with E-state index in [4.69, 9.17) is 9.15 Å². The molecule has 1 aromatic carbocycles. The Morgan fingerprint density at radius 1 is 1.35 bits per heavy atom. The van der Waals surface area contributed by atoms with Crippen LogP contribution in [-0.2, 0) is 13.0 Å². The number of amides is 2. The lowest BCUT2D eigenvalue weighted by Crippen LogP contribution is -2.42. The average Bonchev–Trinajstić information content (AvgIpc) is 2.94. The maximum absolute atomic E-state index is 12.7. The number of hydrogen-bond acceptors (Lipinski definition) is 3. The largest absolute Gasteiger partial charge is 0.497 e. The number of furan rings is 1. The van der Waals surface area contributed by atoms with Crippen LogP contribution in [0, 0.1) is 12.3 Å². The molecule has 0 spiro atoms. The Morgan fingerprint density at radius 2 is 2.04 bits per heavy atom. The molecule has 1 aromatic heterocycles. The Labute approximate surface area is 155 Å². The Hall–Kier alpha value is -2.43. The molecule has 1 heterocycles. The summed E-state index contributed by atoms with van der Waals surface area (Å²) in [6.07, 6.45) is 1.81. The van der Waals surface area contributed by atoms with Crippen molar-refractivity contribution in [2.45, 2.75) is 46.2 Å². The van der Waals surface area contributed by atoms with Gasteiger partial charge in [0.2, 0.25) is 0 Å². The third kappa shape index (κ3) is 4.03. The molecule has 5 heteroatoms. The van der Waals surface area contributed by atoms with E-state index < -0.39 is 0 Å². The second kappa shape index (κ2) is 7.06. The van der Waals surface area contributed by atoms with E-state index in [9.17, 15) is 4.79 Å². The molecule has 2 amide bonds. The Kier molecular flexibility index (Phi) is 4.99. The molecule has 0 bridgehead atoms. The van der Waals surface area contributed by atoms with Crippen LogP contribution in [0.4, 0.5) is 4.79 Å². The molecule has 5 nitrogen and oxygen atoms in total. The van der Waals surface area contributed by atoms with Gasteiger partial charge in [0.1, 0.15) is 17.3 Å². The lowest BCUT2D eigenvalue weighted by molar-refractivity contribution is 0.188. The number of aryl methyl sites for hydroxylation is 1. The summed E-state index contributed by atoms with van der Waals surface area (Å²) in [6, 6.07) is 9.73. The zero-order chi connectivity index (χ0) is 18.9. The molecule has 0 saturated carbocycles. The van der Waals surface area contributed by atoms with Crippen molar-refractivity contribution in [3.8, 4) is 5.75 Å². The normalized spacial score (nSPS) is 18.1. The molecule has 0 aliphatic heterocycles. The predicted molar refractivity (Wildman–Crippen MR) is 101 cm³/mol. The van der Waals surface area contributed by atoms with Gasteiger partial charge in [0.15, 0.2) is 0 Å². The summed E-state index contributed by atoms with van der Waals surface area (Å²) in [7, 11) is 3.46. The van der Waals surface area contributed by atoms with E-state index in [-0.39, 0.29) is 17.5 Å². The minimum absolute atomic E-state index is 0.0167. The minimum Gasteiger partial charge on any atom is -0.497 e. The topological polar surface area (TPSA) is 54.7 Å². The molecule has 1 aliphatic rings. The van der Waals surface area contributed by atoms with Crippen LogP contribution in [0.2, 0.25) is 0 Å². The summed E-state index contributed by atoms with van der Waals surface area (Å²) in [5.74, 6) is 2.72. The maximum atomic E-state index is 12.7. The molecular formula is C21H28N2O3. The second-order valence-electron chi connectivity index (χ2n) is 7.99. The van der Waals surface area contributed by atoms with Crippen LogP contribution in [0.25, 0.3) is 0 Å². The minimum atomic E-state index is -0.0756. The smallest absolute Gasteiger partial charge is 0.317 e. The molecule has 0 radical (unpaired) electrons. The van der Waals surface area contributed by atoms with Gasteiger partial charge in [-0.2, -0.15) is 0 Å². The molecule has 1 N–H and O–H groups in total. The first kappa shape index (κ1) is 18.4. The number of carbonyl (C=O) groups is 1. The lowest BCUT2D eigenvalue weighted by atomic mass is 9.75. The molecule has 26 heavy (non-hydrogen) atoms. The number of hydrogen-bond donors (Lipinski definition) is 1. The first-order valence-corrected chi connectivity index (χ1v) is 9.01. The van der Waals surface area contributed by atoms with E-state index in [1.54, 1.807) is 12.0 Å². The fourth-order valence-electron chi connectivity index (χ4n) is 3.65. The van der Waals surface area contributed by atoms with E-state index in [0.29, 0.717) is 6.54 Å². The molecule has 2 aromatic rings. The highest BCUT2D eigenvalue weighted by molar-refractivity contribution is 5.74. The molecule has 140 valence electrons. The van der Waals surface area contributed by atoms with Crippen molar-refractivity contribution < 1.29 is 13.9 Å². The van der Waals surface area contributed by atoms with E-state index in [2.05, 4.69) is 25.2 Å². The van der Waals surface area contributed by atoms with Gasteiger partial charge in [-0.25, -0.2) is 4.79 Å². The number of carbonyl (C=O) groups excluding carboxylic acids is 1. The molecule has 0 saturated heterocycles. The van der Waals surface area contributed by atoms with Gasteiger partial charge in [0, 0.05) is 25.6 Å². The highest BCUT2D eigenvalue weighted by Gasteiger charge is 2.35. The molecular weight excluding hydrogens is 328 g/mol. The number of ether oxygens (including phenoxy) is 1. The zero-order valence-electron chi connectivity index (χ0n) is 16.3. The monoisotopic (exact) mass is 356 g/mol. The van der Waals surface area contributed by atoms with Crippen LogP contribution in [-0.4, -0.2) is 25.1 Å². The summed E-state index contributed by atoms with van der Waals surface area (Å²) < 4.78 is 11.0. The van der Waals surface area contributed by atoms with Gasteiger partial charge in [0.25, 0.3) is 0 Å². The Balaban J connectivity index is 1.68. The predicted octanol–water partition coefficient (Wildman–Crippen LogP) is 4.45. The molecule has 3 rings (SSSR count). The molecule has 1 atom stereocenters. The van der Waals surface area contributed by atoms with E-state index >= 15 is 0 Å². The van der Waals surface area contributed by atoms with Crippen LogP contribution >= 0.6 is 0 Å². The van der Waals surface area contributed by atoms with E-state index in [0.717, 1.165) is 41.2 Å². The van der Waals surface area contributed by atoms with Crippen molar-refractivity contribution >= 4 is 6.03 Å². The van der Waals surface area contributed by atoms with Gasteiger partial charge >= 0.3 is 6.03 Å². The van der Waals surface area contributed by atoms with Gasteiger partial charge in [0.05, 0.1) is 13.2 Å². The second-order valence-corrected chi connectivity index (χ2v) is 7.99.